The molecule has 2 spiro atoms. The van der Waals surface area contributed by atoms with Crippen LogP contribution in [0.15, 0.2) is 36.5 Å². The molecule has 1 aromatic heterocycles. The summed E-state index contributed by atoms with van der Waals surface area (Å²) in [6.07, 6.45) is 12.7. The van der Waals surface area contributed by atoms with Gasteiger partial charge >= 0.3 is 0 Å². The predicted molar refractivity (Wildman–Crippen MR) is 123 cm³/mol. The fourth-order valence-corrected chi connectivity index (χ4v) is 6.63. The highest BCUT2D eigenvalue weighted by Gasteiger charge is 2.54. The quantitative estimate of drug-likeness (QED) is 0.762. The third kappa shape index (κ3) is 3.37. The van der Waals surface area contributed by atoms with E-state index in [4.69, 9.17) is 9.47 Å². The monoisotopic (exact) mass is 421 g/mol. The molecule has 2 aromatic rings. The minimum Gasteiger partial charge on any atom is -0.497 e. The number of likely N-dealkylation sites (tertiary alicyclic amines) is 1. The van der Waals surface area contributed by atoms with Crippen molar-refractivity contribution in [3.63, 3.8) is 0 Å². The third-order valence-electron chi connectivity index (χ3n) is 8.33. The van der Waals surface area contributed by atoms with Crippen molar-refractivity contribution < 1.29 is 9.47 Å². The first kappa shape index (κ1) is 19.7. The van der Waals surface area contributed by atoms with Crippen LogP contribution in [-0.2, 0) is 10.3 Å². The molecule has 3 aliphatic heterocycles. The van der Waals surface area contributed by atoms with Crippen molar-refractivity contribution in [2.75, 3.05) is 38.7 Å². The van der Waals surface area contributed by atoms with Crippen molar-refractivity contribution in [3.05, 3.63) is 42.2 Å². The van der Waals surface area contributed by atoms with Gasteiger partial charge in [0.2, 0.25) is 0 Å². The number of anilines is 1. The summed E-state index contributed by atoms with van der Waals surface area (Å²) in [5.74, 6) is 1.81. The van der Waals surface area contributed by atoms with E-state index in [1.807, 2.05) is 6.07 Å². The standard InChI is InChI=1S/C26H35N3O2/c1-30-21-9-10-23-22(16-21)27-26(24-8-5-13-29(23)24)18-25(31-19-26)11-14-28(15-12-25)17-20-6-3-2-4-7-20/h5,8-10,13,16,20,27H,2-4,6-7,11-12,14-15,17-19H2,1H3. The average molecular weight is 422 g/mol. The highest BCUT2D eigenvalue weighted by atomic mass is 16.5. The zero-order valence-corrected chi connectivity index (χ0v) is 18.7. The number of rotatable bonds is 3. The Bertz CT molecular complexity index is 940. The summed E-state index contributed by atoms with van der Waals surface area (Å²) >= 11 is 0. The summed E-state index contributed by atoms with van der Waals surface area (Å²) in [5.41, 5.74) is 3.50. The Labute approximate surface area is 185 Å². The topological polar surface area (TPSA) is 38.7 Å². The summed E-state index contributed by atoms with van der Waals surface area (Å²) in [6.45, 7) is 4.39. The van der Waals surface area contributed by atoms with Crippen molar-refractivity contribution in [1.82, 2.24) is 9.47 Å². The van der Waals surface area contributed by atoms with Crippen molar-refractivity contribution >= 4 is 5.69 Å². The predicted octanol–water partition coefficient (Wildman–Crippen LogP) is 4.94. The van der Waals surface area contributed by atoms with Crippen LogP contribution in [0, 0.1) is 5.92 Å². The van der Waals surface area contributed by atoms with E-state index in [9.17, 15) is 0 Å². The molecule has 1 unspecified atom stereocenters. The highest BCUT2D eigenvalue weighted by molar-refractivity contribution is 5.69. The second kappa shape index (κ2) is 7.56. The molecule has 0 amide bonds. The van der Waals surface area contributed by atoms with E-state index in [-0.39, 0.29) is 11.1 Å². The number of benzene rings is 1. The van der Waals surface area contributed by atoms with Crippen LogP contribution in [0.3, 0.4) is 0 Å². The number of ether oxygens (including phenoxy) is 2. The molecule has 1 aromatic carbocycles. The molecular formula is C26H35N3O2. The van der Waals surface area contributed by atoms with Gasteiger partial charge in [0.25, 0.3) is 0 Å². The maximum Gasteiger partial charge on any atom is 0.121 e. The van der Waals surface area contributed by atoms with Gasteiger partial charge in [-0.3, -0.25) is 0 Å². The van der Waals surface area contributed by atoms with Crippen LogP contribution in [0.25, 0.3) is 5.69 Å². The van der Waals surface area contributed by atoms with Gasteiger partial charge in [0.05, 0.1) is 36.4 Å². The average Bonchev–Trinajstić information content (AvgIpc) is 3.43. The maximum atomic E-state index is 6.68. The summed E-state index contributed by atoms with van der Waals surface area (Å²) < 4.78 is 14.5. The lowest BCUT2D eigenvalue weighted by molar-refractivity contribution is -0.0465. The smallest absolute Gasteiger partial charge is 0.121 e. The Morgan fingerprint density at radius 1 is 1.13 bits per heavy atom. The highest BCUT2D eigenvalue weighted by Crippen LogP contribution is 2.50. The van der Waals surface area contributed by atoms with Crippen molar-refractivity contribution in [2.24, 2.45) is 5.92 Å². The van der Waals surface area contributed by atoms with Gasteiger partial charge in [-0.15, -0.1) is 0 Å². The number of piperidine rings is 1. The molecule has 5 heteroatoms. The van der Waals surface area contributed by atoms with Gasteiger partial charge in [-0.2, -0.15) is 0 Å². The van der Waals surface area contributed by atoms with Gasteiger partial charge < -0.3 is 24.3 Å². The molecule has 3 fully saturated rings. The van der Waals surface area contributed by atoms with Crippen molar-refractivity contribution in [1.29, 1.82) is 0 Å². The normalized spacial score (nSPS) is 27.8. The van der Waals surface area contributed by atoms with Gasteiger partial charge in [-0.05, 0) is 55.9 Å². The van der Waals surface area contributed by atoms with Crippen LogP contribution >= 0.6 is 0 Å². The molecule has 2 saturated heterocycles. The van der Waals surface area contributed by atoms with Gasteiger partial charge in [-0.25, -0.2) is 0 Å². The fraction of sp³-hybridized carbons (Fsp3) is 0.615. The lowest BCUT2D eigenvalue weighted by Crippen LogP contribution is -2.47. The second-order valence-corrected chi connectivity index (χ2v) is 10.3. The van der Waals surface area contributed by atoms with Crippen LogP contribution in [-0.4, -0.2) is 48.4 Å². The number of hydrogen-bond acceptors (Lipinski definition) is 4. The Balaban J connectivity index is 1.20. The van der Waals surface area contributed by atoms with Gasteiger partial charge in [0, 0.05) is 38.3 Å². The number of hydrogen-bond donors (Lipinski definition) is 1. The largest absolute Gasteiger partial charge is 0.497 e. The van der Waals surface area contributed by atoms with Crippen LogP contribution in [0.1, 0.15) is 57.1 Å². The molecule has 0 bridgehead atoms. The van der Waals surface area contributed by atoms with Crippen LogP contribution in [0.4, 0.5) is 5.69 Å². The lowest BCUT2D eigenvalue weighted by Gasteiger charge is -2.42. The first-order chi connectivity index (χ1) is 15.2. The third-order valence-corrected chi connectivity index (χ3v) is 8.33. The van der Waals surface area contributed by atoms with E-state index in [1.54, 1.807) is 7.11 Å². The molecule has 0 radical (unpaired) electrons. The Hall–Kier alpha value is -1.98. The van der Waals surface area contributed by atoms with E-state index in [2.05, 4.69) is 45.2 Å². The van der Waals surface area contributed by atoms with E-state index < -0.39 is 0 Å². The number of aromatic nitrogens is 1. The van der Waals surface area contributed by atoms with Gasteiger partial charge in [-0.1, -0.05) is 19.3 Å². The SMILES string of the molecule is COc1ccc2c(c1)NC1(COC3(CCN(CC4CCCCC4)CC3)C1)c1cccn1-2. The number of nitrogens with zero attached hydrogens (tertiary/aromatic N) is 2. The van der Waals surface area contributed by atoms with E-state index in [0.29, 0.717) is 0 Å². The molecule has 6 rings (SSSR count). The van der Waals surface area contributed by atoms with Crippen molar-refractivity contribution in [3.8, 4) is 11.4 Å². The van der Waals surface area contributed by atoms with Gasteiger partial charge in [0.1, 0.15) is 11.3 Å². The Kier molecular flexibility index (Phi) is 4.80. The van der Waals surface area contributed by atoms with Crippen LogP contribution < -0.4 is 10.1 Å². The van der Waals surface area contributed by atoms with Crippen molar-refractivity contribution in [2.45, 2.75) is 62.5 Å². The van der Waals surface area contributed by atoms with E-state index in [0.717, 1.165) is 43.2 Å². The number of fused-ring (bicyclic) bond motifs is 4. The van der Waals surface area contributed by atoms with Gasteiger partial charge in [0.15, 0.2) is 0 Å². The molecule has 166 valence electrons. The molecular weight excluding hydrogens is 386 g/mol. The molecule has 1 aliphatic carbocycles. The Morgan fingerprint density at radius 2 is 1.97 bits per heavy atom. The zero-order chi connectivity index (χ0) is 20.9. The summed E-state index contributed by atoms with van der Waals surface area (Å²) in [7, 11) is 1.73. The summed E-state index contributed by atoms with van der Waals surface area (Å²) in [6, 6.07) is 10.7. The van der Waals surface area contributed by atoms with E-state index >= 15 is 0 Å². The molecule has 1 N–H and O–H groups in total. The first-order valence-corrected chi connectivity index (χ1v) is 12.2. The van der Waals surface area contributed by atoms with Crippen LogP contribution in [0.5, 0.6) is 5.75 Å². The number of methoxy groups -OCH3 is 1. The molecule has 4 heterocycles. The number of nitrogens with one attached hydrogen (secondary N) is 1. The second-order valence-electron chi connectivity index (χ2n) is 10.3. The summed E-state index contributed by atoms with van der Waals surface area (Å²) in [5, 5.41) is 3.90. The summed E-state index contributed by atoms with van der Waals surface area (Å²) in [4.78, 5) is 2.72. The molecule has 31 heavy (non-hydrogen) atoms. The zero-order valence-electron chi connectivity index (χ0n) is 18.7. The maximum absolute atomic E-state index is 6.68. The fourth-order valence-electron chi connectivity index (χ4n) is 6.63. The lowest BCUT2D eigenvalue weighted by atomic mass is 9.79. The molecule has 4 aliphatic rings. The molecule has 1 atom stereocenters. The van der Waals surface area contributed by atoms with Crippen LogP contribution in [0.2, 0.25) is 0 Å². The first-order valence-electron chi connectivity index (χ1n) is 12.2. The molecule has 1 saturated carbocycles. The Morgan fingerprint density at radius 3 is 2.77 bits per heavy atom. The van der Waals surface area contributed by atoms with E-state index in [1.165, 1.54) is 63.1 Å². The molecule has 5 nitrogen and oxygen atoms in total. The minimum atomic E-state index is -0.158. The minimum absolute atomic E-state index is 0.00152.